The number of nitrogens with one attached hydrogen (secondary N) is 2. The third kappa shape index (κ3) is 4.41. The number of benzene rings is 2. The molecule has 7 heteroatoms. The Morgan fingerprint density at radius 2 is 1.29 bits per heavy atom. The summed E-state index contributed by atoms with van der Waals surface area (Å²) in [7, 11) is 0. The average molecular weight is 386 g/mol. The summed E-state index contributed by atoms with van der Waals surface area (Å²) in [4.78, 5) is 24.9. The number of carbonyl (C=O) groups excluding carboxylic acids is 2. The van der Waals surface area contributed by atoms with Gasteiger partial charge in [-0.05, 0) is 56.3 Å². The highest BCUT2D eigenvalue weighted by Gasteiger charge is 2.36. The fourth-order valence-corrected chi connectivity index (χ4v) is 2.21. The number of carbonyl (C=O) groups is 2. The topological polar surface area (TPSA) is 58.2 Å². The van der Waals surface area contributed by atoms with Gasteiger partial charge in [0.05, 0.1) is 10.0 Å². The maximum Gasteiger partial charge on any atom is 0.239 e. The van der Waals surface area contributed by atoms with Gasteiger partial charge < -0.3 is 10.6 Å². The van der Waals surface area contributed by atoms with Crippen LogP contribution in [0.15, 0.2) is 42.5 Å². The summed E-state index contributed by atoms with van der Waals surface area (Å²) in [6.45, 7) is 3.07. The van der Waals surface area contributed by atoms with Crippen LogP contribution in [0.2, 0.25) is 15.1 Å². The smallest absolute Gasteiger partial charge is 0.239 e. The Labute approximate surface area is 155 Å². The number of hydrogen-bond acceptors (Lipinski definition) is 2. The van der Waals surface area contributed by atoms with Crippen LogP contribution in [0.25, 0.3) is 0 Å². The minimum absolute atomic E-state index is 0.317. The van der Waals surface area contributed by atoms with E-state index in [-0.39, 0.29) is 0 Å². The van der Waals surface area contributed by atoms with Gasteiger partial charge in [-0.25, -0.2) is 0 Å². The third-order valence-electron chi connectivity index (χ3n) is 3.41. The molecule has 2 aromatic carbocycles. The van der Waals surface area contributed by atoms with Crippen molar-refractivity contribution in [2.45, 2.75) is 13.8 Å². The molecular weight excluding hydrogens is 371 g/mol. The highest BCUT2D eigenvalue weighted by Crippen LogP contribution is 2.27. The van der Waals surface area contributed by atoms with E-state index < -0.39 is 17.2 Å². The van der Waals surface area contributed by atoms with E-state index in [9.17, 15) is 9.59 Å². The fourth-order valence-electron chi connectivity index (χ4n) is 1.78. The highest BCUT2D eigenvalue weighted by atomic mass is 35.5. The van der Waals surface area contributed by atoms with Crippen molar-refractivity contribution in [1.29, 1.82) is 0 Å². The molecule has 0 aliphatic heterocycles. The van der Waals surface area contributed by atoms with Crippen LogP contribution in [-0.4, -0.2) is 11.8 Å². The van der Waals surface area contributed by atoms with E-state index >= 15 is 0 Å². The van der Waals surface area contributed by atoms with Gasteiger partial charge in [-0.1, -0.05) is 34.8 Å². The summed E-state index contributed by atoms with van der Waals surface area (Å²) in [5, 5.41) is 6.61. The summed E-state index contributed by atoms with van der Waals surface area (Å²) in [6, 6.07) is 11.3. The second-order valence-electron chi connectivity index (χ2n) is 5.67. The van der Waals surface area contributed by atoms with Crippen molar-refractivity contribution < 1.29 is 9.59 Å². The molecule has 24 heavy (non-hydrogen) atoms. The minimum Gasteiger partial charge on any atom is -0.325 e. The van der Waals surface area contributed by atoms with E-state index in [4.69, 9.17) is 34.8 Å². The van der Waals surface area contributed by atoms with Crippen molar-refractivity contribution in [2.75, 3.05) is 10.6 Å². The lowest BCUT2D eigenvalue weighted by molar-refractivity contribution is -0.135. The van der Waals surface area contributed by atoms with Gasteiger partial charge in [-0.2, -0.15) is 0 Å². The fraction of sp³-hybridized carbons (Fsp3) is 0.176. The molecule has 0 atom stereocenters. The van der Waals surface area contributed by atoms with Crippen LogP contribution in [0.1, 0.15) is 13.8 Å². The molecule has 0 spiro atoms. The van der Waals surface area contributed by atoms with Crippen molar-refractivity contribution in [1.82, 2.24) is 0 Å². The molecule has 0 radical (unpaired) electrons. The van der Waals surface area contributed by atoms with Gasteiger partial charge in [0.1, 0.15) is 5.41 Å². The Kier molecular flexibility index (Phi) is 5.75. The largest absolute Gasteiger partial charge is 0.325 e. The monoisotopic (exact) mass is 384 g/mol. The highest BCUT2D eigenvalue weighted by molar-refractivity contribution is 6.42. The molecule has 0 saturated heterocycles. The maximum absolute atomic E-state index is 12.4. The van der Waals surface area contributed by atoms with Crippen molar-refractivity contribution in [3.63, 3.8) is 0 Å². The van der Waals surface area contributed by atoms with Gasteiger partial charge in [0, 0.05) is 16.4 Å². The van der Waals surface area contributed by atoms with Crippen molar-refractivity contribution >= 4 is 58.0 Å². The van der Waals surface area contributed by atoms with Crippen LogP contribution >= 0.6 is 34.8 Å². The predicted octanol–water partition coefficient (Wildman–Crippen LogP) is 5.25. The summed E-state index contributed by atoms with van der Waals surface area (Å²) in [6.07, 6.45) is 0. The van der Waals surface area contributed by atoms with Crippen LogP contribution in [0.5, 0.6) is 0 Å². The normalized spacial score (nSPS) is 11.0. The van der Waals surface area contributed by atoms with Crippen LogP contribution < -0.4 is 10.6 Å². The molecule has 0 aliphatic carbocycles. The Bertz CT molecular complexity index is 774. The molecule has 126 valence electrons. The molecule has 4 nitrogen and oxygen atoms in total. The Morgan fingerprint density at radius 1 is 0.792 bits per heavy atom. The summed E-state index contributed by atoms with van der Waals surface area (Å²) >= 11 is 17.6. The number of halogens is 3. The molecule has 2 N–H and O–H groups in total. The Balaban J connectivity index is 2.09. The molecule has 2 amide bonds. The van der Waals surface area contributed by atoms with E-state index in [1.54, 1.807) is 36.4 Å². The molecule has 0 aromatic heterocycles. The first-order chi connectivity index (χ1) is 11.2. The number of anilines is 2. The van der Waals surface area contributed by atoms with E-state index in [2.05, 4.69) is 10.6 Å². The Morgan fingerprint density at radius 3 is 1.83 bits per heavy atom. The predicted molar refractivity (Wildman–Crippen MR) is 99.0 cm³/mol. The number of amides is 2. The van der Waals surface area contributed by atoms with Crippen LogP contribution in [-0.2, 0) is 9.59 Å². The molecule has 0 saturated carbocycles. The molecular formula is C17H15Cl3N2O2. The number of rotatable bonds is 4. The first-order valence-corrected chi connectivity index (χ1v) is 8.17. The number of hydrogen-bond donors (Lipinski definition) is 2. The van der Waals surface area contributed by atoms with Crippen molar-refractivity contribution in [2.24, 2.45) is 5.41 Å². The molecule has 0 unspecified atom stereocenters. The van der Waals surface area contributed by atoms with Gasteiger partial charge in [-0.15, -0.1) is 0 Å². The summed E-state index contributed by atoms with van der Waals surface area (Å²) in [5.74, 6) is -0.908. The lowest BCUT2D eigenvalue weighted by atomic mass is 9.90. The third-order valence-corrected chi connectivity index (χ3v) is 4.41. The van der Waals surface area contributed by atoms with E-state index in [1.807, 2.05) is 0 Å². The average Bonchev–Trinajstić information content (AvgIpc) is 2.53. The van der Waals surface area contributed by atoms with Gasteiger partial charge in [0.15, 0.2) is 0 Å². The zero-order valence-electron chi connectivity index (χ0n) is 13.0. The maximum atomic E-state index is 12.4. The van der Waals surface area contributed by atoms with E-state index in [0.717, 1.165) is 0 Å². The zero-order valence-corrected chi connectivity index (χ0v) is 15.3. The molecule has 2 aromatic rings. The first kappa shape index (κ1) is 18.6. The van der Waals surface area contributed by atoms with Crippen molar-refractivity contribution in [3.05, 3.63) is 57.5 Å². The SMILES string of the molecule is CC(C)(C(=O)Nc1ccc(Cl)cc1)C(=O)Nc1ccc(Cl)c(Cl)c1. The summed E-state index contributed by atoms with van der Waals surface area (Å²) < 4.78 is 0. The molecule has 0 heterocycles. The second kappa shape index (κ2) is 7.43. The zero-order chi connectivity index (χ0) is 17.9. The first-order valence-electron chi connectivity index (χ1n) is 7.03. The quantitative estimate of drug-likeness (QED) is 0.706. The molecule has 0 fully saturated rings. The van der Waals surface area contributed by atoms with Gasteiger partial charge >= 0.3 is 0 Å². The molecule has 0 aliphatic rings. The minimum atomic E-state index is -1.30. The summed E-state index contributed by atoms with van der Waals surface area (Å²) in [5.41, 5.74) is -0.285. The molecule has 2 rings (SSSR count). The lowest BCUT2D eigenvalue weighted by Gasteiger charge is -2.23. The Hall–Kier alpha value is -1.75. The lowest BCUT2D eigenvalue weighted by Crippen LogP contribution is -2.41. The van der Waals surface area contributed by atoms with Crippen molar-refractivity contribution in [3.8, 4) is 0 Å². The van der Waals surface area contributed by atoms with Crippen LogP contribution in [0, 0.1) is 5.41 Å². The van der Waals surface area contributed by atoms with Gasteiger partial charge in [0.25, 0.3) is 0 Å². The van der Waals surface area contributed by atoms with Crippen LogP contribution in [0.4, 0.5) is 11.4 Å². The second-order valence-corrected chi connectivity index (χ2v) is 6.92. The van der Waals surface area contributed by atoms with Gasteiger partial charge in [-0.3, -0.25) is 9.59 Å². The van der Waals surface area contributed by atoms with Crippen LogP contribution in [0.3, 0.4) is 0 Å². The standard InChI is InChI=1S/C17H15Cl3N2O2/c1-17(2,15(23)21-11-5-3-10(18)4-6-11)16(24)22-12-7-8-13(19)14(20)9-12/h3-9H,1-2H3,(H,21,23)(H,22,24). The van der Waals surface area contributed by atoms with Gasteiger partial charge in [0.2, 0.25) is 11.8 Å². The van der Waals surface area contributed by atoms with E-state index in [0.29, 0.717) is 26.4 Å². The van der Waals surface area contributed by atoms with E-state index in [1.165, 1.54) is 19.9 Å². The molecule has 0 bridgehead atoms.